The van der Waals surface area contributed by atoms with Crippen LogP contribution < -0.4 is 0 Å². The minimum absolute atomic E-state index is 0.0460. The Hall–Kier alpha value is -0.613. The quantitative estimate of drug-likeness (QED) is 0.432. The first-order valence-electron chi connectivity index (χ1n) is 6.54. The lowest BCUT2D eigenvalue weighted by Crippen LogP contribution is -2.43. The van der Waals surface area contributed by atoms with Gasteiger partial charge in [-0.15, -0.1) is 0 Å². The van der Waals surface area contributed by atoms with Crippen molar-refractivity contribution >= 4 is 14.3 Å². The maximum Gasteiger partial charge on any atom is 0.330 e. The molecule has 3 nitrogen and oxygen atoms in total. The van der Waals surface area contributed by atoms with Crippen LogP contribution in [0.15, 0.2) is 11.6 Å². The zero-order valence-electron chi connectivity index (χ0n) is 13.1. The van der Waals surface area contributed by atoms with Gasteiger partial charge < -0.3 is 9.16 Å². The third-order valence-electron chi connectivity index (χ3n) is 3.55. The van der Waals surface area contributed by atoms with Gasteiger partial charge in [-0.3, -0.25) is 0 Å². The van der Waals surface area contributed by atoms with Crippen molar-refractivity contribution in [2.45, 2.75) is 65.8 Å². The van der Waals surface area contributed by atoms with Crippen LogP contribution in [0.4, 0.5) is 0 Å². The minimum Gasteiger partial charge on any atom is -0.463 e. The highest BCUT2D eigenvalue weighted by Crippen LogP contribution is 2.37. The lowest BCUT2D eigenvalue weighted by molar-refractivity contribution is -0.137. The molecule has 106 valence electrons. The number of carbonyl (C=O) groups excluding carboxylic acids is 1. The molecule has 0 heterocycles. The van der Waals surface area contributed by atoms with E-state index in [-0.39, 0.29) is 17.1 Å². The maximum atomic E-state index is 11.4. The average Bonchev–Trinajstić information content (AvgIpc) is 2.15. The summed E-state index contributed by atoms with van der Waals surface area (Å²) in [5.41, 5.74) is 0.915. The molecule has 0 aromatic heterocycles. The SMILES string of the molecule is CCOC(=O)/C=C(\C)[C@@H](C)O[Si](C)(C)C(C)(C)C. The number of carbonyl (C=O) groups is 1. The Kier molecular flexibility index (Phi) is 6.30. The standard InChI is InChI=1S/C14H28O3Si/c1-9-16-13(15)10-11(2)12(3)17-18(7,8)14(4,5)6/h10,12H,9H2,1-8H3/b11-10+/t12-/m1/s1. The van der Waals surface area contributed by atoms with Crippen LogP contribution in [-0.2, 0) is 14.0 Å². The van der Waals surface area contributed by atoms with Crippen molar-refractivity contribution in [1.82, 2.24) is 0 Å². The summed E-state index contributed by atoms with van der Waals surface area (Å²) in [6.45, 7) is 17.1. The van der Waals surface area contributed by atoms with E-state index in [2.05, 4.69) is 33.9 Å². The molecule has 0 spiro atoms. The Bertz CT molecular complexity index is 313. The van der Waals surface area contributed by atoms with E-state index in [1.54, 1.807) is 6.92 Å². The van der Waals surface area contributed by atoms with Crippen LogP contribution in [-0.4, -0.2) is 27.0 Å². The number of esters is 1. The summed E-state index contributed by atoms with van der Waals surface area (Å²) in [5, 5.41) is 0.172. The van der Waals surface area contributed by atoms with E-state index in [9.17, 15) is 4.79 Å². The predicted molar refractivity (Wildman–Crippen MR) is 78.1 cm³/mol. The lowest BCUT2D eigenvalue weighted by Gasteiger charge is -2.38. The fourth-order valence-electron chi connectivity index (χ4n) is 1.20. The van der Waals surface area contributed by atoms with Crippen molar-refractivity contribution in [2.24, 2.45) is 0 Å². The largest absolute Gasteiger partial charge is 0.463 e. The topological polar surface area (TPSA) is 35.5 Å². The van der Waals surface area contributed by atoms with E-state index in [1.807, 2.05) is 13.8 Å². The van der Waals surface area contributed by atoms with Gasteiger partial charge in [0, 0.05) is 6.08 Å². The average molecular weight is 272 g/mol. The molecule has 0 saturated carbocycles. The zero-order valence-corrected chi connectivity index (χ0v) is 14.1. The van der Waals surface area contributed by atoms with Gasteiger partial charge in [0.05, 0.1) is 12.7 Å². The van der Waals surface area contributed by atoms with Crippen LogP contribution in [0.2, 0.25) is 18.1 Å². The van der Waals surface area contributed by atoms with Gasteiger partial charge in [0.1, 0.15) is 0 Å². The summed E-state index contributed by atoms with van der Waals surface area (Å²) in [5.74, 6) is -0.291. The number of ether oxygens (including phenoxy) is 1. The summed E-state index contributed by atoms with van der Waals surface area (Å²) in [6, 6.07) is 0. The Labute approximate surface area is 113 Å². The molecule has 0 aromatic carbocycles. The first-order chi connectivity index (χ1) is 8.01. The van der Waals surface area contributed by atoms with Crippen molar-refractivity contribution in [3.8, 4) is 0 Å². The Morgan fingerprint density at radius 2 is 1.83 bits per heavy atom. The molecule has 4 heteroatoms. The molecule has 18 heavy (non-hydrogen) atoms. The summed E-state index contributed by atoms with van der Waals surface area (Å²) in [4.78, 5) is 11.4. The third kappa shape index (κ3) is 5.36. The van der Waals surface area contributed by atoms with Crippen molar-refractivity contribution in [2.75, 3.05) is 6.61 Å². The summed E-state index contributed by atoms with van der Waals surface area (Å²) in [6.07, 6.45) is 1.48. The maximum absolute atomic E-state index is 11.4. The molecule has 0 N–H and O–H groups in total. The number of rotatable bonds is 5. The van der Waals surface area contributed by atoms with Crippen LogP contribution in [0.5, 0.6) is 0 Å². The number of hydrogen-bond acceptors (Lipinski definition) is 3. The molecule has 0 aliphatic carbocycles. The van der Waals surface area contributed by atoms with Gasteiger partial charge >= 0.3 is 5.97 Å². The second-order valence-electron chi connectivity index (χ2n) is 6.16. The highest BCUT2D eigenvalue weighted by atomic mass is 28.4. The monoisotopic (exact) mass is 272 g/mol. The van der Waals surface area contributed by atoms with Crippen LogP contribution >= 0.6 is 0 Å². The van der Waals surface area contributed by atoms with E-state index in [4.69, 9.17) is 9.16 Å². The van der Waals surface area contributed by atoms with Gasteiger partial charge in [-0.1, -0.05) is 20.8 Å². The molecule has 0 aromatic rings. The smallest absolute Gasteiger partial charge is 0.330 e. The van der Waals surface area contributed by atoms with Crippen molar-refractivity contribution in [3.63, 3.8) is 0 Å². The number of hydrogen-bond donors (Lipinski definition) is 0. The van der Waals surface area contributed by atoms with E-state index >= 15 is 0 Å². The van der Waals surface area contributed by atoms with Gasteiger partial charge in [-0.05, 0) is 44.5 Å². The van der Waals surface area contributed by atoms with Crippen LogP contribution in [0.1, 0.15) is 41.5 Å². The molecule has 0 saturated heterocycles. The van der Waals surface area contributed by atoms with Crippen LogP contribution in [0, 0.1) is 0 Å². The first kappa shape index (κ1) is 17.4. The van der Waals surface area contributed by atoms with Crippen LogP contribution in [0.25, 0.3) is 0 Å². The minimum atomic E-state index is -1.79. The summed E-state index contributed by atoms with van der Waals surface area (Å²) < 4.78 is 11.1. The van der Waals surface area contributed by atoms with E-state index in [0.717, 1.165) is 5.57 Å². The van der Waals surface area contributed by atoms with Gasteiger partial charge in [-0.2, -0.15) is 0 Å². The molecule has 0 radical (unpaired) electrons. The lowest BCUT2D eigenvalue weighted by atomic mass is 10.2. The molecule has 0 aliphatic heterocycles. The second-order valence-corrected chi connectivity index (χ2v) is 10.9. The molecule has 0 aliphatic rings. The molecule has 1 atom stereocenters. The molecular weight excluding hydrogens is 244 g/mol. The molecule has 0 amide bonds. The molecule has 0 fully saturated rings. The highest BCUT2D eigenvalue weighted by Gasteiger charge is 2.38. The molecular formula is C14H28O3Si. The van der Waals surface area contributed by atoms with E-state index in [0.29, 0.717) is 6.61 Å². The van der Waals surface area contributed by atoms with Crippen LogP contribution in [0.3, 0.4) is 0 Å². The van der Waals surface area contributed by atoms with Crippen molar-refractivity contribution in [1.29, 1.82) is 0 Å². The Morgan fingerprint density at radius 1 is 1.33 bits per heavy atom. The van der Waals surface area contributed by atoms with Crippen molar-refractivity contribution in [3.05, 3.63) is 11.6 Å². The highest BCUT2D eigenvalue weighted by molar-refractivity contribution is 6.74. The fourth-order valence-corrected chi connectivity index (χ4v) is 2.62. The van der Waals surface area contributed by atoms with E-state index in [1.165, 1.54) is 6.08 Å². The first-order valence-corrected chi connectivity index (χ1v) is 9.45. The Balaban J connectivity index is 4.68. The van der Waals surface area contributed by atoms with Gasteiger partial charge in [0.15, 0.2) is 8.32 Å². The van der Waals surface area contributed by atoms with E-state index < -0.39 is 8.32 Å². The third-order valence-corrected chi connectivity index (χ3v) is 8.11. The molecule has 0 bridgehead atoms. The molecule has 0 rings (SSSR count). The Morgan fingerprint density at radius 3 is 2.22 bits per heavy atom. The summed E-state index contributed by atoms with van der Waals surface area (Å²) >= 11 is 0. The second kappa shape index (κ2) is 6.52. The molecule has 0 unspecified atom stereocenters. The fraction of sp³-hybridized carbons (Fsp3) is 0.786. The van der Waals surface area contributed by atoms with Crippen molar-refractivity contribution < 1.29 is 14.0 Å². The summed E-state index contributed by atoms with van der Waals surface area (Å²) in [7, 11) is -1.79. The predicted octanol–water partition coefficient (Wildman–Crippen LogP) is 3.91. The van der Waals surface area contributed by atoms with Gasteiger partial charge in [0.25, 0.3) is 0 Å². The normalized spacial score (nSPS) is 15.4. The van der Waals surface area contributed by atoms with Gasteiger partial charge in [-0.25, -0.2) is 4.79 Å². The van der Waals surface area contributed by atoms with Gasteiger partial charge in [0.2, 0.25) is 0 Å². The zero-order chi connectivity index (χ0) is 14.6.